The lowest BCUT2D eigenvalue weighted by molar-refractivity contribution is -0.122. The van der Waals surface area contributed by atoms with E-state index >= 15 is 0 Å². The standard InChI is InChI=1S/C30H38ClN7O5/c1-4-11-43-27-14-24(31)20(12-26(27)42-5-2)15-36-16-21-13-28(39)32-8-10-35(3)29(40)23-7-6-9-37(30(23)41)17-22-18-38(34-33-22)25(21)19-36/h6-7,9,12,14,18,21,25H,4-5,8,10-11,13,15-17,19H2,1-3H3,(H,32,39)/t21-,25+/m0/s1. The van der Waals surface area contributed by atoms with Crippen LogP contribution in [0, 0.1) is 5.92 Å². The Morgan fingerprint density at radius 1 is 1.12 bits per heavy atom. The molecule has 0 saturated carbocycles. The zero-order valence-corrected chi connectivity index (χ0v) is 25.5. The van der Waals surface area contributed by atoms with Crippen molar-refractivity contribution in [1.82, 2.24) is 34.7 Å². The molecule has 3 aromatic rings. The molecule has 2 aromatic heterocycles. The quantitative estimate of drug-likeness (QED) is 0.432. The smallest absolute Gasteiger partial charge is 0.263 e. The van der Waals surface area contributed by atoms with Gasteiger partial charge in [0.05, 0.1) is 32.0 Å². The maximum atomic E-state index is 13.1. The number of benzene rings is 1. The van der Waals surface area contributed by atoms with Crippen molar-refractivity contribution in [3.05, 3.63) is 68.9 Å². The largest absolute Gasteiger partial charge is 0.490 e. The lowest BCUT2D eigenvalue weighted by Crippen LogP contribution is -2.39. The van der Waals surface area contributed by atoms with Crippen molar-refractivity contribution in [3.8, 4) is 11.5 Å². The van der Waals surface area contributed by atoms with Gasteiger partial charge in [-0.2, -0.15) is 0 Å². The number of likely N-dealkylation sites (tertiary alicyclic amines) is 1. The molecule has 0 spiro atoms. The lowest BCUT2D eigenvalue weighted by atomic mass is 9.99. The molecule has 4 bridgehead atoms. The van der Waals surface area contributed by atoms with Crippen LogP contribution >= 0.6 is 11.6 Å². The number of amides is 2. The van der Waals surface area contributed by atoms with Crippen LogP contribution in [0.3, 0.4) is 0 Å². The molecule has 13 heteroatoms. The fraction of sp³-hybridized carbons (Fsp3) is 0.500. The van der Waals surface area contributed by atoms with E-state index in [9.17, 15) is 14.4 Å². The predicted molar refractivity (Wildman–Crippen MR) is 161 cm³/mol. The average molecular weight is 612 g/mol. The number of aromatic nitrogens is 4. The van der Waals surface area contributed by atoms with Crippen molar-refractivity contribution in [2.24, 2.45) is 5.92 Å². The summed E-state index contributed by atoms with van der Waals surface area (Å²) in [7, 11) is 1.62. The third kappa shape index (κ3) is 7.02. The molecule has 0 radical (unpaired) electrons. The van der Waals surface area contributed by atoms with E-state index in [4.69, 9.17) is 21.1 Å². The number of rotatable bonds is 7. The summed E-state index contributed by atoms with van der Waals surface area (Å²) in [4.78, 5) is 42.8. The van der Waals surface area contributed by atoms with Crippen LogP contribution in [0.5, 0.6) is 11.5 Å². The first kappa shape index (κ1) is 30.6. The Balaban J connectivity index is 1.41. The van der Waals surface area contributed by atoms with Gasteiger partial charge in [0, 0.05) is 69.4 Å². The third-order valence-electron chi connectivity index (χ3n) is 7.79. The Morgan fingerprint density at radius 3 is 2.72 bits per heavy atom. The van der Waals surface area contributed by atoms with Gasteiger partial charge in [-0.3, -0.25) is 19.3 Å². The summed E-state index contributed by atoms with van der Waals surface area (Å²) in [6, 6.07) is 6.82. The van der Waals surface area contributed by atoms with E-state index < -0.39 is 11.5 Å². The van der Waals surface area contributed by atoms with Crippen LogP contribution in [0.15, 0.2) is 41.5 Å². The molecule has 1 saturated heterocycles. The molecule has 43 heavy (non-hydrogen) atoms. The molecule has 1 aromatic carbocycles. The molecular formula is C30H38ClN7O5. The van der Waals surface area contributed by atoms with Crippen LogP contribution in [-0.4, -0.2) is 87.6 Å². The summed E-state index contributed by atoms with van der Waals surface area (Å²) in [6.07, 6.45) is 4.61. The number of nitrogens with one attached hydrogen (secondary N) is 1. The van der Waals surface area contributed by atoms with Gasteiger partial charge in [-0.25, -0.2) is 4.68 Å². The van der Waals surface area contributed by atoms with Gasteiger partial charge in [-0.05, 0) is 37.1 Å². The highest BCUT2D eigenvalue weighted by atomic mass is 35.5. The highest BCUT2D eigenvalue weighted by Crippen LogP contribution is 2.37. The summed E-state index contributed by atoms with van der Waals surface area (Å²) in [6.45, 7) is 7.59. The van der Waals surface area contributed by atoms with Crippen LogP contribution in [0.25, 0.3) is 0 Å². The fourth-order valence-electron chi connectivity index (χ4n) is 5.63. The molecule has 2 aliphatic heterocycles. The molecule has 1 fully saturated rings. The van der Waals surface area contributed by atoms with Crippen LogP contribution < -0.4 is 20.3 Å². The zero-order valence-electron chi connectivity index (χ0n) is 24.8. The van der Waals surface area contributed by atoms with Gasteiger partial charge >= 0.3 is 0 Å². The molecule has 230 valence electrons. The molecular weight excluding hydrogens is 574 g/mol. The van der Waals surface area contributed by atoms with Gasteiger partial charge in [-0.1, -0.05) is 23.7 Å². The molecule has 0 unspecified atom stereocenters. The first-order chi connectivity index (χ1) is 20.8. The van der Waals surface area contributed by atoms with E-state index in [1.54, 1.807) is 24.0 Å². The minimum Gasteiger partial charge on any atom is -0.490 e. The van der Waals surface area contributed by atoms with Crippen molar-refractivity contribution < 1.29 is 19.1 Å². The second-order valence-electron chi connectivity index (χ2n) is 11.0. The van der Waals surface area contributed by atoms with Crippen LogP contribution in [-0.2, 0) is 17.9 Å². The SMILES string of the molecule is CCCOc1cc(Cl)c(CN2C[C@@H]3CC(=O)NCCN(C)C(=O)c4cccn(c4=O)Cc4cn(nn4)[C@@H]3C2)cc1OCC. The topological polar surface area (TPSA) is 124 Å². The maximum Gasteiger partial charge on any atom is 0.263 e. The summed E-state index contributed by atoms with van der Waals surface area (Å²) in [5.74, 6) is 0.726. The second kappa shape index (κ2) is 13.6. The van der Waals surface area contributed by atoms with Gasteiger partial charge in [0.15, 0.2) is 11.5 Å². The van der Waals surface area contributed by atoms with Gasteiger partial charge < -0.3 is 24.3 Å². The number of ether oxygens (including phenoxy) is 2. The van der Waals surface area contributed by atoms with Crippen molar-refractivity contribution in [2.75, 3.05) is 46.4 Å². The number of hydrogen-bond acceptors (Lipinski definition) is 8. The molecule has 5 rings (SSSR count). The number of nitrogens with zero attached hydrogens (tertiary/aromatic N) is 6. The molecule has 2 amide bonds. The number of pyridine rings is 1. The number of likely N-dealkylation sites (N-methyl/N-ethyl adjacent to an activating group) is 1. The minimum absolute atomic E-state index is 0.0508. The molecule has 2 atom stereocenters. The Kier molecular flexibility index (Phi) is 9.66. The first-order valence-electron chi connectivity index (χ1n) is 14.7. The predicted octanol–water partition coefficient (Wildman–Crippen LogP) is 2.59. The van der Waals surface area contributed by atoms with E-state index in [-0.39, 0.29) is 49.5 Å². The normalized spacial score (nSPS) is 19.7. The molecule has 12 nitrogen and oxygen atoms in total. The van der Waals surface area contributed by atoms with E-state index in [1.807, 2.05) is 32.2 Å². The summed E-state index contributed by atoms with van der Waals surface area (Å²) in [5, 5.41) is 12.3. The second-order valence-corrected chi connectivity index (χ2v) is 11.4. The molecule has 0 aliphatic carbocycles. The van der Waals surface area contributed by atoms with Crippen molar-refractivity contribution in [3.63, 3.8) is 0 Å². The van der Waals surface area contributed by atoms with Gasteiger partial charge in [-0.15, -0.1) is 5.10 Å². The van der Waals surface area contributed by atoms with Crippen LogP contribution in [0.2, 0.25) is 5.02 Å². The minimum atomic E-state index is -0.399. The highest BCUT2D eigenvalue weighted by molar-refractivity contribution is 6.31. The number of halogens is 1. The van der Waals surface area contributed by atoms with Crippen LogP contribution in [0.1, 0.15) is 54.3 Å². The Morgan fingerprint density at radius 2 is 1.93 bits per heavy atom. The van der Waals surface area contributed by atoms with Gasteiger partial charge in [0.2, 0.25) is 5.91 Å². The Labute approximate surface area is 255 Å². The Bertz CT molecular complexity index is 1520. The number of carbonyl (C=O) groups excluding carboxylic acids is 2. The molecule has 4 heterocycles. The highest BCUT2D eigenvalue weighted by Gasteiger charge is 2.36. The number of carbonyl (C=O) groups is 2. The number of hydrogen-bond donors (Lipinski definition) is 1. The van der Waals surface area contributed by atoms with Crippen molar-refractivity contribution >= 4 is 23.4 Å². The monoisotopic (exact) mass is 611 g/mol. The van der Waals surface area contributed by atoms with Gasteiger partial charge in [0.1, 0.15) is 11.3 Å². The zero-order chi connectivity index (χ0) is 30.5. The molecule has 2 aliphatic rings. The van der Waals surface area contributed by atoms with E-state index in [0.717, 1.165) is 12.0 Å². The Hall–Kier alpha value is -3.90. The van der Waals surface area contributed by atoms with E-state index in [2.05, 4.69) is 20.5 Å². The first-order valence-corrected chi connectivity index (χ1v) is 15.1. The lowest BCUT2D eigenvalue weighted by Gasteiger charge is -2.20. The van der Waals surface area contributed by atoms with Crippen molar-refractivity contribution in [2.45, 2.75) is 45.8 Å². The summed E-state index contributed by atoms with van der Waals surface area (Å²) in [5.41, 5.74) is 1.16. The summed E-state index contributed by atoms with van der Waals surface area (Å²) < 4.78 is 15.0. The van der Waals surface area contributed by atoms with E-state index in [1.165, 1.54) is 15.5 Å². The fourth-order valence-corrected chi connectivity index (χ4v) is 5.84. The average Bonchev–Trinajstić information content (AvgIpc) is 3.60. The van der Waals surface area contributed by atoms with Gasteiger partial charge in [0.25, 0.3) is 11.5 Å². The third-order valence-corrected chi connectivity index (χ3v) is 8.15. The van der Waals surface area contributed by atoms with E-state index in [0.29, 0.717) is 55.1 Å². The maximum absolute atomic E-state index is 13.1. The molecule has 1 N–H and O–H groups in total. The summed E-state index contributed by atoms with van der Waals surface area (Å²) >= 11 is 6.71. The van der Waals surface area contributed by atoms with Crippen molar-refractivity contribution in [1.29, 1.82) is 0 Å². The van der Waals surface area contributed by atoms with Crippen LogP contribution in [0.4, 0.5) is 0 Å². The number of fused-ring (bicyclic) bond motifs is 6.